The topological polar surface area (TPSA) is 9.23 Å². The lowest BCUT2D eigenvalue weighted by Gasteiger charge is -2.12. The maximum Gasteiger partial charge on any atom is 0.132 e. The molecule has 1 heterocycles. The van der Waals surface area contributed by atoms with Gasteiger partial charge in [-0.3, -0.25) is 0 Å². The van der Waals surface area contributed by atoms with Crippen molar-refractivity contribution in [3.05, 3.63) is 51.0 Å². The van der Waals surface area contributed by atoms with E-state index in [2.05, 4.69) is 41.9 Å². The molecule has 3 heteroatoms. The summed E-state index contributed by atoms with van der Waals surface area (Å²) in [6.07, 6.45) is -1.57. The number of hydrogen-bond acceptors (Lipinski definition) is 1. The molecule has 0 radical (unpaired) electrons. The predicted molar refractivity (Wildman–Crippen MR) is 87.9 cm³/mol. The van der Waals surface area contributed by atoms with Gasteiger partial charge in [0.05, 0.1) is 11.6 Å². The van der Waals surface area contributed by atoms with Crippen LogP contribution in [0.15, 0.2) is 34.8 Å². The molecule has 0 saturated heterocycles. The molecule has 2 aromatic rings. The molecule has 1 aliphatic rings. The monoisotopic (exact) mass is 352 g/mol. The summed E-state index contributed by atoms with van der Waals surface area (Å²) in [6, 6.07) is 10.2. The van der Waals surface area contributed by atoms with Gasteiger partial charge in [-0.2, -0.15) is 0 Å². The molecule has 0 aromatic heterocycles. The highest BCUT2D eigenvalue weighted by molar-refractivity contribution is 9.10. The summed E-state index contributed by atoms with van der Waals surface area (Å²) in [6.45, 7) is 4.31. The van der Waals surface area contributed by atoms with Gasteiger partial charge in [0.25, 0.3) is 0 Å². The molecule has 0 spiro atoms. The predicted octanol–water partition coefficient (Wildman–Crippen LogP) is 5.83. The van der Waals surface area contributed by atoms with Crippen molar-refractivity contribution in [2.45, 2.75) is 26.1 Å². The van der Waals surface area contributed by atoms with Crippen molar-refractivity contribution in [1.29, 1.82) is 0 Å². The van der Waals surface area contributed by atoms with E-state index in [4.69, 9.17) is 19.1 Å². The first-order chi connectivity index (χ1) is 10.3. The van der Waals surface area contributed by atoms with E-state index in [-0.39, 0.29) is 6.61 Å². The second-order valence-corrected chi connectivity index (χ2v) is 6.40. The Morgan fingerprint density at radius 3 is 2.65 bits per heavy atom. The maximum absolute atomic E-state index is 8.09. The summed E-state index contributed by atoms with van der Waals surface area (Å²) < 4.78 is 22.5. The van der Waals surface area contributed by atoms with E-state index in [1.165, 1.54) is 5.56 Å². The molecule has 1 nitrogen and oxygen atoms in total. The number of ether oxygens (including phenoxy) is 1. The third-order valence-corrected chi connectivity index (χ3v) is 4.77. The van der Waals surface area contributed by atoms with Gasteiger partial charge in [-0.25, -0.2) is 0 Å². The molecule has 0 fully saturated rings. The molecule has 0 N–H and O–H groups in total. The highest BCUT2D eigenvalue weighted by atomic mass is 79.9. The first kappa shape index (κ1) is 11.6. The van der Waals surface area contributed by atoms with Crippen molar-refractivity contribution in [2.24, 2.45) is 0 Å². The summed E-state index contributed by atoms with van der Waals surface area (Å²) in [7, 11) is 0. The van der Waals surface area contributed by atoms with Crippen LogP contribution < -0.4 is 4.74 Å². The smallest absolute Gasteiger partial charge is 0.132 e. The van der Waals surface area contributed by atoms with E-state index in [0.29, 0.717) is 26.7 Å². The molecule has 0 amide bonds. The van der Waals surface area contributed by atoms with Crippen LogP contribution in [0.2, 0.25) is 5.02 Å². The highest BCUT2D eigenvalue weighted by Crippen LogP contribution is 2.44. The van der Waals surface area contributed by atoms with Crippen LogP contribution in [0, 0.1) is 0 Å². The lowest BCUT2D eigenvalue weighted by molar-refractivity contribution is 0.358. The van der Waals surface area contributed by atoms with E-state index in [0.717, 1.165) is 11.1 Å². The molecule has 0 aliphatic carbocycles. The van der Waals surface area contributed by atoms with E-state index in [9.17, 15) is 0 Å². The Kier molecular flexibility index (Phi) is 3.16. The summed E-state index contributed by atoms with van der Waals surface area (Å²) >= 11 is 9.71. The Bertz CT molecular complexity index is 726. The Morgan fingerprint density at radius 2 is 2.00 bits per heavy atom. The number of halogens is 2. The normalized spacial score (nSPS) is 17.4. The van der Waals surface area contributed by atoms with Gasteiger partial charge in [0.15, 0.2) is 0 Å². The van der Waals surface area contributed by atoms with Crippen LogP contribution in [0.1, 0.15) is 33.6 Å². The third-order valence-electron chi connectivity index (χ3n) is 3.53. The van der Waals surface area contributed by atoms with Gasteiger partial charge in [-0.05, 0) is 39.0 Å². The van der Waals surface area contributed by atoms with Crippen LogP contribution >= 0.6 is 27.5 Å². The fourth-order valence-electron chi connectivity index (χ4n) is 2.36. The van der Waals surface area contributed by atoms with Crippen molar-refractivity contribution in [3.8, 4) is 16.9 Å². The molecule has 0 atom stereocenters. The van der Waals surface area contributed by atoms with E-state index in [1.54, 1.807) is 0 Å². The fraction of sp³-hybridized carbons (Fsp3) is 0.294. The SMILES string of the molecule is [2H]C1([2H])COc2c(-c3ccc(C(C)C)cc3)cc(Br)c(Cl)c21. The van der Waals surface area contributed by atoms with Crippen molar-refractivity contribution in [2.75, 3.05) is 6.61 Å². The van der Waals surface area contributed by atoms with E-state index < -0.39 is 6.37 Å². The Hall–Kier alpha value is -0.990. The molecule has 104 valence electrons. The van der Waals surface area contributed by atoms with Crippen molar-refractivity contribution >= 4 is 27.5 Å². The minimum atomic E-state index is -1.57. The standard InChI is InChI=1S/C17H16BrClO/c1-10(2)11-3-5-12(6-4-11)14-9-15(18)16(19)13-7-8-20-17(13)14/h3-6,9-10H,7-8H2,1-2H3/i7D2. The quantitative estimate of drug-likeness (QED) is 0.660. The number of hydrogen-bond donors (Lipinski definition) is 0. The van der Waals surface area contributed by atoms with Gasteiger partial charge in [0.2, 0.25) is 0 Å². The van der Waals surface area contributed by atoms with Crippen LogP contribution in [-0.4, -0.2) is 6.61 Å². The lowest BCUT2D eigenvalue weighted by atomic mass is 9.97. The second kappa shape index (κ2) is 5.42. The summed E-state index contributed by atoms with van der Waals surface area (Å²) in [5.41, 5.74) is 3.56. The van der Waals surface area contributed by atoms with Gasteiger partial charge in [0.1, 0.15) is 5.75 Å². The van der Waals surface area contributed by atoms with Gasteiger partial charge in [-0.15, -0.1) is 0 Å². The minimum Gasteiger partial charge on any atom is -0.492 e. The van der Waals surface area contributed by atoms with E-state index in [1.807, 2.05) is 18.2 Å². The van der Waals surface area contributed by atoms with Gasteiger partial charge >= 0.3 is 0 Å². The first-order valence-corrected chi connectivity index (χ1v) is 7.74. The fourth-order valence-corrected chi connectivity index (χ4v) is 2.99. The highest BCUT2D eigenvalue weighted by Gasteiger charge is 2.22. The summed E-state index contributed by atoms with van der Waals surface area (Å²) in [5.74, 6) is 1.03. The number of benzene rings is 2. The maximum atomic E-state index is 8.09. The molecular weight excluding hydrogens is 336 g/mol. The molecular formula is C17H16BrClO. The zero-order chi connectivity index (χ0) is 16.1. The third kappa shape index (κ3) is 2.36. The minimum absolute atomic E-state index is 0.00438. The first-order valence-electron chi connectivity index (χ1n) is 7.57. The van der Waals surface area contributed by atoms with Crippen LogP contribution in [0.5, 0.6) is 5.75 Å². The largest absolute Gasteiger partial charge is 0.492 e. The molecule has 0 saturated carbocycles. The zero-order valence-corrected chi connectivity index (χ0v) is 13.7. The van der Waals surface area contributed by atoms with Crippen molar-refractivity contribution in [1.82, 2.24) is 0 Å². The molecule has 0 bridgehead atoms. The van der Waals surface area contributed by atoms with Crippen molar-refractivity contribution in [3.63, 3.8) is 0 Å². The van der Waals surface area contributed by atoms with Gasteiger partial charge < -0.3 is 4.74 Å². The average Bonchev–Trinajstić information content (AvgIpc) is 2.79. The summed E-state index contributed by atoms with van der Waals surface area (Å²) in [5, 5.41) is 0.389. The van der Waals surface area contributed by atoms with Crippen molar-refractivity contribution < 1.29 is 7.48 Å². The average molecular weight is 354 g/mol. The Morgan fingerprint density at radius 1 is 1.30 bits per heavy atom. The molecule has 0 unspecified atom stereocenters. The van der Waals surface area contributed by atoms with Crippen LogP contribution in [0.3, 0.4) is 0 Å². The van der Waals surface area contributed by atoms with Crippen LogP contribution in [0.4, 0.5) is 0 Å². The lowest BCUT2D eigenvalue weighted by Crippen LogP contribution is -1.91. The van der Waals surface area contributed by atoms with Crippen LogP contribution in [-0.2, 0) is 6.37 Å². The van der Waals surface area contributed by atoms with Gasteiger partial charge in [0, 0.05) is 24.7 Å². The second-order valence-electron chi connectivity index (χ2n) is 5.17. The zero-order valence-electron chi connectivity index (χ0n) is 13.3. The Labute approximate surface area is 135 Å². The Balaban J connectivity index is 2.17. The molecule has 3 rings (SSSR count). The number of rotatable bonds is 2. The van der Waals surface area contributed by atoms with Gasteiger partial charge in [-0.1, -0.05) is 49.7 Å². The van der Waals surface area contributed by atoms with E-state index >= 15 is 0 Å². The van der Waals surface area contributed by atoms with Crippen LogP contribution in [0.25, 0.3) is 11.1 Å². The molecule has 1 aliphatic heterocycles. The number of fused-ring (bicyclic) bond motifs is 1. The molecule has 2 aromatic carbocycles. The molecule has 20 heavy (non-hydrogen) atoms. The summed E-state index contributed by atoms with van der Waals surface area (Å²) in [4.78, 5) is 0.